The molecule has 1 aromatic carbocycles. The van der Waals surface area contributed by atoms with Crippen LogP contribution < -0.4 is 4.74 Å². The number of para-hydroxylation sites is 1. The number of hydrogen-bond donors (Lipinski definition) is 1. The average Bonchev–Trinajstić information content (AvgIpc) is 2.48. The van der Waals surface area contributed by atoms with Gasteiger partial charge in [-0.05, 0) is 31.4 Å². The second-order valence-corrected chi connectivity index (χ2v) is 5.77. The highest BCUT2D eigenvalue weighted by Gasteiger charge is 2.35. The monoisotopic (exact) mass is 261 g/mol. The van der Waals surface area contributed by atoms with Gasteiger partial charge in [-0.2, -0.15) is 0 Å². The predicted octanol–water partition coefficient (Wildman–Crippen LogP) is 2.60. The predicted molar refractivity (Wildman–Crippen MR) is 75.3 cm³/mol. The molecule has 3 atom stereocenters. The van der Waals surface area contributed by atoms with E-state index in [1.807, 2.05) is 24.3 Å². The van der Waals surface area contributed by atoms with Gasteiger partial charge in [-0.3, -0.25) is 4.90 Å². The molecule has 2 heterocycles. The van der Waals surface area contributed by atoms with Crippen LogP contribution in [0.1, 0.15) is 37.9 Å². The number of rotatable bonds is 2. The lowest BCUT2D eigenvalue weighted by molar-refractivity contribution is -0.0146. The van der Waals surface area contributed by atoms with Crippen molar-refractivity contribution in [3.8, 4) is 5.75 Å². The molecule has 3 unspecified atom stereocenters. The Bertz CT molecular complexity index is 435. The van der Waals surface area contributed by atoms with E-state index in [9.17, 15) is 5.11 Å². The number of aliphatic hydroxyl groups is 1. The quantitative estimate of drug-likeness (QED) is 0.888. The molecular formula is C16H23NO2. The fourth-order valence-electron chi connectivity index (χ4n) is 3.37. The van der Waals surface area contributed by atoms with Crippen LogP contribution in [0.15, 0.2) is 24.3 Å². The summed E-state index contributed by atoms with van der Waals surface area (Å²) in [4.78, 5) is 2.43. The molecule has 0 bridgehead atoms. The van der Waals surface area contributed by atoms with Crippen LogP contribution in [0, 0.1) is 5.92 Å². The van der Waals surface area contributed by atoms with Crippen LogP contribution in [0.25, 0.3) is 0 Å². The minimum atomic E-state index is -0.416. The Hall–Kier alpha value is -1.06. The number of aliphatic hydroxyl groups excluding tert-OH is 1. The summed E-state index contributed by atoms with van der Waals surface area (Å²) in [7, 11) is 0. The standard InChI is InChI=1S/C16H23NO2/c1-2-12-6-5-9-17(10-12)14-11-19-15-8-4-3-7-13(15)16(14)18/h3-4,7-8,12,14,16,18H,2,5-6,9-11H2,1H3. The Morgan fingerprint density at radius 3 is 3.05 bits per heavy atom. The van der Waals surface area contributed by atoms with Gasteiger partial charge in [0.1, 0.15) is 18.5 Å². The maximum Gasteiger partial charge on any atom is 0.125 e. The number of ether oxygens (including phenoxy) is 1. The van der Waals surface area contributed by atoms with E-state index in [2.05, 4.69) is 11.8 Å². The number of nitrogens with zero attached hydrogens (tertiary/aromatic N) is 1. The molecular weight excluding hydrogens is 238 g/mol. The van der Waals surface area contributed by atoms with Crippen LogP contribution >= 0.6 is 0 Å². The van der Waals surface area contributed by atoms with E-state index in [-0.39, 0.29) is 6.04 Å². The number of hydrogen-bond acceptors (Lipinski definition) is 3. The highest BCUT2D eigenvalue weighted by Crippen LogP contribution is 2.35. The number of benzene rings is 1. The van der Waals surface area contributed by atoms with Crippen LogP contribution in [-0.2, 0) is 0 Å². The van der Waals surface area contributed by atoms with Crippen LogP contribution in [0.5, 0.6) is 5.75 Å². The first-order valence-corrected chi connectivity index (χ1v) is 7.43. The van der Waals surface area contributed by atoms with Crippen molar-refractivity contribution < 1.29 is 9.84 Å². The maximum absolute atomic E-state index is 10.6. The number of piperidine rings is 1. The Kier molecular flexibility index (Phi) is 3.76. The third-order valence-electron chi connectivity index (χ3n) is 4.61. The van der Waals surface area contributed by atoms with Gasteiger partial charge in [-0.15, -0.1) is 0 Å². The van der Waals surface area contributed by atoms with Gasteiger partial charge in [0.15, 0.2) is 0 Å². The second kappa shape index (κ2) is 5.51. The van der Waals surface area contributed by atoms with Gasteiger partial charge in [-0.1, -0.05) is 31.5 Å². The molecule has 0 aliphatic carbocycles. The summed E-state index contributed by atoms with van der Waals surface area (Å²) in [6.07, 6.45) is 3.38. The van der Waals surface area contributed by atoms with Crippen LogP contribution in [0.3, 0.4) is 0 Å². The van der Waals surface area contributed by atoms with E-state index in [1.54, 1.807) is 0 Å². The molecule has 0 radical (unpaired) electrons. The van der Waals surface area contributed by atoms with Crippen molar-refractivity contribution in [3.63, 3.8) is 0 Å². The van der Waals surface area contributed by atoms with Gasteiger partial charge in [0.2, 0.25) is 0 Å². The Labute approximate surface area is 115 Å². The SMILES string of the molecule is CCC1CCCN(C2COc3ccccc3C2O)C1. The van der Waals surface area contributed by atoms with Crippen molar-refractivity contribution >= 4 is 0 Å². The molecule has 3 rings (SSSR count). The summed E-state index contributed by atoms with van der Waals surface area (Å²) in [6, 6.07) is 7.97. The van der Waals surface area contributed by atoms with E-state index < -0.39 is 6.10 Å². The highest BCUT2D eigenvalue weighted by atomic mass is 16.5. The van der Waals surface area contributed by atoms with E-state index in [0.29, 0.717) is 6.61 Å². The normalized spacial score (nSPS) is 31.6. The molecule has 1 aromatic rings. The Morgan fingerprint density at radius 1 is 1.37 bits per heavy atom. The van der Waals surface area contributed by atoms with E-state index in [1.165, 1.54) is 19.3 Å². The van der Waals surface area contributed by atoms with Crippen molar-refractivity contribution in [2.24, 2.45) is 5.92 Å². The van der Waals surface area contributed by atoms with Gasteiger partial charge < -0.3 is 9.84 Å². The first-order valence-electron chi connectivity index (χ1n) is 7.43. The van der Waals surface area contributed by atoms with Crippen molar-refractivity contribution in [2.75, 3.05) is 19.7 Å². The van der Waals surface area contributed by atoms with Crippen molar-refractivity contribution in [2.45, 2.75) is 38.3 Å². The summed E-state index contributed by atoms with van der Waals surface area (Å²) in [5.41, 5.74) is 0.942. The van der Waals surface area contributed by atoms with Crippen molar-refractivity contribution in [3.05, 3.63) is 29.8 Å². The lowest BCUT2D eigenvalue weighted by Crippen LogP contribution is -2.49. The molecule has 0 saturated carbocycles. The Balaban J connectivity index is 1.76. The zero-order chi connectivity index (χ0) is 13.2. The molecule has 1 saturated heterocycles. The third kappa shape index (κ3) is 2.49. The molecule has 2 aliphatic heterocycles. The molecule has 3 nitrogen and oxygen atoms in total. The van der Waals surface area contributed by atoms with Crippen molar-refractivity contribution in [1.82, 2.24) is 4.90 Å². The van der Waals surface area contributed by atoms with Crippen LogP contribution in [0.2, 0.25) is 0 Å². The lowest BCUT2D eigenvalue weighted by atomic mass is 9.91. The Morgan fingerprint density at radius 2 is 2.21 bits per heavy atom. The third-order valence-corrected chi connectivity index (χ3v) is 4.61. The van der Waals surface area contributed by atoms with Crippen molar-refractivity contribution in [1.29, 1.82) is 0 Å². The molecule has 104 valence electrons. The molecule has 0 amide bonds. The average molecular weight is 261 g/mol. The molecule has 2 aliphatic rings. The number of likely N-dealkylation sites (tertiary alicyclic amines) is 1. The van der Waals surface area contributed by atoms with Gasteiger partial charge in [0, 0.05) is 12.1 Å². The van der Waals surface area contributed by atoms with Gasteiger partial charge in [0.25, 0.3) is 0 Å². The summed E-state index contributed by atoms with van der Waals surface area (Å²) in [6.45, 7) is 5.05. The summed E-state index contributed by atoms with van der Waals surface area (Å²) < 4.78 is 5.83. The largest absolute Gasteiger partial charge is 0.491 e. The minimum absolute atomic E-state index is 0.115. The zero-order valence-electron chi connectivity index (χ0n) is 11.6. The van der Waals surface area contributed by atoms with Gasteiger partial charge >= 0.3 is 0 Å². The molecule has 1 fully saturated rings. The van der Waals surface area contributed by atoms with Gasteiger partial charge in [-0.25, -0.2) is 0 Å². The summed E-state index contributed by atoms with van der Waals surface area (Å²) in [5.74, 6) is 1.62. The van der Waals surface area contributed by atoms with E-state index in [4.69, 9.17) is 4.74 Å². The first kappa shape index (κ1) is 12.9. The van der Waals surface area contributed by atoms with Gasteiger partial charge in [0.05, 0.1) is 6.04 Å². The second-order valence-electron chi connectivity index (χ2n) is 5.77. The topological polar surface area (TPSA) is 32.7 Å². The molecule has 0 spiro atoms. The fraction of sp³-hybridized carbons (Fsp3) is 0.625. The molecule has 0 aromatic heterocycles. The highest BCUT2D eigenvalue weighted by molar-refractivity contribution is 5.37. The zero-order valence-corrected chi connectivity index (χ0v) is 11.6. The smallest absolute Gasteiger partial charge is 0.125 e. The fourth-order valence-corrected chi connectivity index (χ4v) is 3.37. The van der Waals surface area contributed by atoms with E-state index >= 15 is 0 Å². The van der Waals surface area contributed by atoms with E-state index in [0.717, 1.165) is 30.3 Å². The summed E-state index contributed by atoms with van der Waals surface area (Å²) in [5, 5.41) is 10.6. The first-order chi connectivity index (χ1) is 9.29. The number of fused-ring (bicyclic) bond motifs is 1. The molecule has 19 heavy (non-hydrogen) atoms. The maximum atomic E-state index is 10.6. The molecule has 1 N–H and O–H groups in total. The minimum Gasteiger partial charge on any atom is -0.491 e. The lowest BCUT2D eigenvalue weighted by Gasteiger charge is -2.42. The summed E-state index contributed by atoms with van der Waals surface area (Å²) >= 11 is 0. The molecule has 3 heteroatoms. The van der Waals surface area contributed by atoms with Crippen LogP contribution in [0.4, 0.5) is 0 Å². The van der Waals surface area contributed by atoms with Crippen LogP contribution in [-0.4, -0.2) is 35.7 Å².